The third kappa shape index (κ3) is 4.34. The van der Waals surface area contributed by atoms with E-state index in [-0.39, 0.29) is 17.2 Å². The number of esters is 1. The molecule has 28 heavy (non-hydrogen) atoms. The molecule has 2 aromatic carbocycles. The number of hydrogen-bond acceptors (Lipinski definition) is 6. The number of aryl methyl sites for hydroxylation is 1. The Hall–Kier alpha value is -3.26. The van der Waals surface area contributed by atoms with Crippen molar-refractivity contribution in [1.82, 2.24) is 4.90 Å². The molecule has 0 bridgehead atoms. The van der Waals surface area contributed by atoms with Crippen molar-refractivity contribution in [1.29, 1.82) is 0 Å². The van der Waals surface area contributed by atoms with Crippen LogP contribution in [0.15, 0.2) is 48.5 Å². The zero-order chi connectivity index (χ0) is 20.1. The minimum atomic E-state index is -1.13. The number of benzene rings is 2. The third-order valence-electron chi connectivity index (χ3n) is 4.52. The van der Waals surface area contributed by atoms with E-state index in [4.69, 9.17) is 9.47 Å². The van der Waals surface area contributed by atoms with Crippen molar-refractivity contribution in [3.63, 3.8) is 0 Å². The molecule has 8 heteroatoms. The average Bonchev–Trinajstić information content (AvgIpc) is 2.72. The number of rotatable bonds is 5. The summed E-state index contributed by atoms with van der Waals surface area (Å²) in [5.41, 5.74) is 0.817. The predicted octanol–water partition coefficient (Wildman–Crippen LogP) is 2.66. The maximum absolute atomic E-state index is 13.0. The van der Waals surface area contributed by atoms with E-state index in [9.17, 15) is 19.7 Å². The summed E-state index contributed by atoms with van der Waals surface area (Å²) in [6.07, 6.45) is -1.13. The van der Waals surface area contributed by atoms with Gasteiger partial charge in [-0.25, -0.2) is 4.79 Å². The van der Waals surface area contributed by atoms with Crippen LogP contribution in [0.4, 0.5) is 5.69 Å². The van der Waals surface area contributed by atoms with Crippen LogP contribution in [0.25, 0.3) is 0 Å². The highest BCUT2D eigenvalue weighted by molar-refractivity contribution is 5.93. The average molecular weight is 384 g/mol. The van der Waals surface area contributed by atoms with Crippen LogP contribution in [0, 0.1) is 17.0 Å². The van der Waals surface area contributed by atoms with E-state index in [1.54, 1.807) is 42.2 Å². The molecule has 0 spiro atoms. The van der Waals surface area contributed by atoms with Crippen molar-refractivity contribution in [2.75, 3.05) is 26.3 Å². The zero-order valence-electron chi connectivity index (χ0n) is 15.4. The summed E-state index contributed by atoms with van der Waals surface area (Å²) in [6, 6.07) is 12.8. The Morgan fingerprint density at radius 3 is 2.46 bits per heavy atom. The molecule has 1 atom stereocenters. The SMILES string of the molecule is Cc1ccc(C(=O)OC(C(=O)N2CCOCC2)c2ccccc2)cc1[N+](=O)[O-]. The summed E-state index contributed by atoms with van der Waals surface area (Å²) in [6.45, 7) is 3.25. The van der Waals surface area contributed by atoms with E-state index in [1.807, 2.05) is 0 Å². The van der Waals surface area contributed by atoms with E-state index >= 15 is 0 Å². The summed E-state index contributed by atoms with van der Waals surface area (Å²) < 4.78 is 10.8. The summed E-state index contributed by atoms with van der Waals surface area (Å²) in [7, 11) is 0. The number of ether oxygens (including phenoxy) is 2. The van der Waals surface area contributed by atoms with Gasteiger partial charge in [0.25, 0.3) is 11.6 Å². The highest BCUT2D eigenvalue weighted by Crippen LogP contribution is 2.25. The predicted molar refractivity (Wildman–Crippen MR) is 99.8 cm³/mol. The lowest BCUT2D eigenvalue weighted by Crippen LogP contribution is -2.44. The number of amides is 1. The molecule has 0 aliphatic carbocycles. The van der Waals surface area contributed by atoms with Crippen LogP contribution in [0.5, 0.6) is 0 Å². The first-order valence-electron chi connectivity index (χ1n) is 8.85. The van der Waals surface area contributed by atoms with Gasteiger partial charge in [0.15, 0.2) is 0 Å². The van der Waals surface area contributed by atoms with Crippen LogP contribution < -0.4 is 0 Å². The lowest BCUT2D eigenvalue weighted by molar-refractivity contribution is -0.385. The molecule has 0 aromatic heterocycles. The molecule has 1 aliphatic rings. The van der Waals surface area contributed by atoms with Crippen LogP contribution in [0.2, 0.25) is 0 Å². The van der Waals surface area contributed by atoms with Gasteiger partial charge in [-0.3, -0.25) is 14.9 Å². The first-order valence-corrected chi connectivity index (χ1v) is 8.85. The number of nitro groups is 1. The van der Waals surface area contributed by atoms with Gasteiger partial charge in [-0.15, -0.1) is 0 Å². The standard InChI is InChI=1S/C20H20N2O6/c1-14-7-8-16(13-17(14)22(25)26)20(24)28-18(15-5-3-2-4-6-15)19(23)21-9-11-27-12-10-21/h2-8,13,18H,9-12H2,1H3. The number of carbonyl (C=O) groups excluding carboxylic acids is 2. The van der Waals surface area contributed by atoms with Crippen LogP contribution in [0.1, 0.15) is 27.6 Å². The molecule has 1 fully saturated rings. The van der Waals surface area contributed by atoms with Gasteiger partial charge in [-0.05, 0) is 13.0 Å². The highest BCUT2D eigenvalue weighted by Gasteiger charge is 2.31. The number of nitro benzene ring substituents is 1. The number of morpholine rings is 1. The highest BCUT2D eigenvalue weighted by atomic mass is 16.6. The number of carbonyl (C=O) groups is 2. The normalized spacial score (nSPS) is 15.0. The molecule has 1 saturated heterocycles. The van der Waals surface area contributed by atoms with Crippen LogP contribution in [0.3, 0.4) is 0 Å². The maximum Gasteiger partial charge on any atom is 0.339 e. The molecule has 1 amide bonds. The number of hydrogen-bond donors (Lipinski definition) is 0. The van der Waals surface area contributed by atoms with Gasteiger partial charge < -0.3 is 14.4 Å². The topological polar surface area (TPSA) is 99.0 Å². The van der Waals surface area contributed by atoms with Crippen molar-refractivity contribution in [2.45, 2.75) is 13.0 Å². The van der Waals surface area contributed by atoms with E-state index in [2.05, 4.69) is 0 Å². The van der Waals surface area contributed by atoms with E-state index in [0.717, 1.165) is 0 Å². The van der Waals surface area contributed by atoms with E-state index in [1.165, 1.54) is 18.2 Å². The largest absolute Gasteiger partial charge is 0.444 e. The second-order valence-corrected chi connectivity index (χ2v) is 6.39. The van der Waals surface area contributed by atoms with Crippen molar-refractivity contribution < 1.29 is 24.0 Å². The second kappa shape index (κ2) is 8.62. The smallest absolute Gasteiger partial charge is 0.339 e. The van der Waals surface area contributed by atoms with Crippen LogP contribution in [-0.4, -0.2) is 48.0 Å². The molecular weight excluding hydrogens is 364 g/mol. The summed E-state index contributed by atoms with van der Waals surface area (Å²) in [4.78, 5) is 37.8. The Kier molecular flexibility index (Phi) is 6.00. The lowest BCUT2D eigenvalue weighted by atomic mass is 10.1. The van der Waals surface area contributed by atoms with Gasteiger partial charge in [-0.1, -0.05) is 36.4 Å². The van der Waals surface area contributed by atoms with Gasteiger partial charge in [0.05, 0.1) is 23.7 Å². The minimum absolute atomic E-state index is 0.0213. The van der Waals surface area contributed by atoms with Crippen molar-refractivity contribution in [2.24, 2.45) is 0 Å². The van der Waals surface area contributed by atoms with Crippen molar-refractivity contribution >= 4 is 17.6 Å². The Labute approximate surface area is 161 Å². The Bertz CT molecular complexity index is 878. The molecule has 146 valence electrons. The lowest BCUT2D eigenvalue weighted by Gasteiger charge is -2.30. The summed E-state index contributed by atoms with van der Waals surface area (Å²) in [5.74, 6) is -1.14. The summed E-state index contributed by atoms with van der Waals surface area (Å²) >= 11 is 0. The molecule has 1 heterocycles. The molecule has 2 aromatic rings. The quantitative estimate of drug-likeness (QED) is 0.446. The Morgan fingerprint density at radius 2 is 1.82 bits per heavy atom. The molecule has 3 rings (SSSR count). The van der Waals surface area contributed by atoms with E-state index < -0.39 is 17.0 Å². The fraction of sp³-hybridized carbons (Fsp3) is 0.300. The second-order valence-electron chi connectivity index (χ2n) is 6.39. The van der Waals surface area contributed by atoms with Gasteiger partial charge in [0.1, 0.15) is 0 Å². The van der Waals surface area contributed by atoms with Crippen molar-refractivity contribution in [3.8, 4) is 0 Å². The first-order chi connectivity index (χ1) is 13.5. The van der Waals surface area contributed by atoms with Crippen LogP contribution >= 0.6 is 0 Å². The molecular formula is C20H20N2O6. The van der Waals surface area contributed by atoms with E-state index in [0.29, 0.717) is 37.4 Å². The molecule has 0 radical (unpaired) electrons. The van der Waals surface area contributed by atoms with Gasteiger partial charge in [0.2, 0.25) is 6.10 Å². The molecule has 0 N–H and O–H groups in total. The van der Waals surface area contributed by atoms with Gasteiger partial charge in [0, 0.05) is 30.3 Å². The summed E-state index contributed by atoms with van der Waals surface area (Å²) in [5, 5.41) is 11.1. The van der Waals surface area contributed by atoms with Crippen molar-refractivity contribution in [3.05, 3.63) is 75.3 Å². The van der Waals surface area contributed by atoms with Crippen LogP contribution in [-0.2, 0) is 14.3 Å². The van der Waals surface area contributed by atoms with Gasteiger partial charge >= 0.3 is 5.97 Å². The monoisotopic (exact) mass is 384 g/mol. The third-order valence-corrected chi connectivity index (χ3v) is 4.52. The fourth-order valence-electron chi connectivity index (χ4n) is 2.95. The Morgan fingerprint density at radius 1 is 1.14 bits per heavy atom. The minimum Gasteiger partial charge on any atom is -0.444 e. The first kappa shape index (κ1) is 19.5. The zero-order valence-corrected chi connectivity index (χ0v) is 15.4. The molecule has 1 unspecified atom stereocenters. The fourth-order valence-corrected chi connectivity index (χ4v) is 2.95. The molecule has 8 nitrogen and oxygen atoms in total. The Balaban J connectivity index is 1.87. The maximum atomic E-state index is 13.0. The molecule has 1 aliphatic heterocycles. The van der Waals surface area contributed by atoms with Gasteiger partial charge in [-0.2, -0.15) is 0 Å². The number of nitrogens with zero attached hydrogens (tertiary/aromatic N) is 2. The molecule has 0 saturated carbocycles.